The Kier molecular flexibility index (Phi) is 6.16. The first-order valence-electron chi connectivity index (χ1n) is 9.47. The largest absolute Gasteiger partial charge is 0.481 e. The Morgan fingerprint density at radius 3 is 2.54 bits per heavy atom. The van der Waals surface area contributed by atoms with Crippen molar-refractivity contribution in [2.45, 2.75) is 45.8 Å². The number of hydrogen-bond acceptors (Lipinski definition) is 3. The molecule has 0 aromatic heterocycles. The molecule has 4 heteroatoms. The summed E-state index contributed by atoms with van der Waals surface area (Å²) in [7, 11) is 0. The highest BCUT2D eigenvalue weighted by Gasteiger charge is 2.15. The summed E-state index contributed by atoms with van der Waals surface area (Å²) in [6.45, 7) is 6.58. The van der Waals surface area contributed by atoms with Gasteiger partial charge < -0.3 is 15.0 Å². The Morgan fingerprint density at radius 2 is 1.85 bits per heavy atom. The van der Waals surface area contributed by atoms with Crippen molar-refractivity contribution in [1.29, 1.82) is 0 Å². The summed E-state index contributed by atoms with van der Waals surface area (Å²) < 4.78 is 5.73. The molecule has 4 nitrogen and oxygen atoms in total. The molecular formula is C22H28N2O2. The average molecular weight is 352 g/mol. The fourth-order valence-electron chi connectivity index (χ4n) is 3.26. The summed E-state index contributed by atoms with van der Waals surface area (Å²) in [4.78, 5) is 14.7. The Bertz CT molecular complexity index is 721. The molecule has 2 aromatic rings. The Hall–Kier alpha value is -2.49. The fourth-order valence-corrected chi connectivity index (χ4v) is 3.26. The lowest BCUT2D eigenvalue weighted by Gasteiger charge is -2.28. The van der Waals surface area contributed by atoms with E-state index in [4.69, 9.17) is 4.74 Å². The van der Waals surface area contributed by atoms with Gasteiger partial charge in [-0.05, 0) is 68.5 Å². The minimum atomic E-state index is -0.524. The molecule has 0 saturated carbocycles. The van der Waals surface area contributed by atoms with Crippen molar-refractivity contribution in [1.82, 2.24) is 5.32 Å². The second-order valence-electron chi connectivity index (χ2n) is 7.01. The van der Waals surface area contributed by atoms with E-state index in [1.54, 1.807) is 6.92 Å². The topological polar surface area (TPSA) is 41.6 Å². The number of rotatable bonds is 6. The molecule has 1 saturated heterocycles. The average Bonchev–Trinajstić information content (AvgIpc) is 2.67. The van der Waals surface area contributed by atoms with Gasteiger partial charge in [-0.2, -0.15) is 0 Å². The van der Waals surface area contributed by atoms with Crippen LogP contribution in [0.5, 0.6) is 5.75 Å². The van der Waals surface area contributed by atoms with Crippen molar-refractivity contribution in [3.05, 3.63) is 59.7 Å². The molecule has 0 bridgehead atoms. The number of benzene rings is 2. The molecular weight excluding hydrogens is 324 g/mol. The van der Waals surface area contributed by atoms with Crippen LogP contribution in [0.3, 0.4) is 0 Å². The zero-order chi connectivity index (χ0) is 18.4. The summed E-state index contributed by atoms with van der Waals surface area (Å²) in [6, 6.07) is 16.2. The third-order valence-corrected chi connectivity index (χ3v) is 4.80. The number of piperidine rings is 1. The zero-order valence-corrected chi connectivity index (χ0v) is 15.7. The molecule has 2 aromatic carbocycles. The lowest BCUT2D eigenvalue weighted by molar-refractivity contribution is -0.127. The van der Waals surface area contributed by atoms with E-state index in [1.165, 1.54) is 24.9 Å². The van der Waals surface area contributed by atoms with Gasteiger partial charge in [-0.1, -0.05) is 24.3 Å². The molecule has 0 radical (unpaired) electrons. The molecule has 1 aliphatic rings. The number of amides is 1. The SMILES string of the molecule is Cc1cccc(OC(C)C(=O)NCc2ccc(N3CCCCC3)cc2)c1. The molecule has 1 N–H and O–H groups in total. The summed E-state index contributed by atoms with van der Waals surface area (Å²) in [6.07, 6.45) is 3.36. The highest BCUT2D eigenvalue weighted by Crippen LogP contribution is 2.20. The summed E-state index contributed by atoms with van der Waals surface area (Å²) in [5, 5.41) is 2.96. The Labute approximate surface area is 156 Å². The second kappa shape index (κ2) is 8.75. The van der Waals surface area contributed by atoms with Crippen LogP contribution in [-0.2, 0) is 11.3 Å². The van der Waals surface area contributed by atoms with E-state index in [0.717, 1.165) is 30.0 Å². The quantitative estimate of drug-likeness (QED) is 0.852. The molecule has 1 unspecified atom stereocenters. The number of anilines is 1. The molecule has 1 fully saturated rings. The second-order valence-corrected chi connectivity index (χ2v) is 7.01. The van der Waals surface area contributed by atoms with Crippen LogP contribution in [0.2, 0.25) is 0 Å². The predicted octanol–water partition coefficient (Wildman–Crippen LogP) is 4.07. The molecule has 1 amide bonds. The number of aryl methyl sites for hydroxylation is 1. The maximum absolute atomic E-state index is 12.3. The van der Waals surface area contributed by atoms with Crippen molar-refractivity contribution in [3.8, 4) is 5.75 Å². The van der Waals surface area contributed by atoms with E-state index in [2.05, 4.69) is 34.5 Å². The standard InChI is InChI=1S/C22H28N2O2/c1-17-7-6-8-21(15-17)26-18(2)22(25)23-16-19-9-11-20(12-10-19)24-13-4-3-5-14-24/h6-12,15,18H,3-5,13-14,16H2,1-2H3,(H,23,25). The highest BCUT2D eigenvalue weighted by atomic mass is 16.5. The van der Waals surface area contributed by atoms with E-state index in [0.29, 0.717) is 6.54 Å². The molecule has 1 heterocycles. The normalized spacial score (nSPS) is 15.4. The third kappa shape index (κ3) is 5.01. The number of carbonyl (C=O) groups excluding carboxylic acids is 1. The third-order valence-electron chi connectivity index (χ3n) is 4.80. The van der Waals surface area contributed by atoms with Gasteiger partial charge in [-0.15, -0.1) is 0 Å². The molecule has 3 rings (SSSR count). The predicted molar refractivity (Wildman–Crippen MR) is 106 cm³/mol. The molecule has 1 atom stereocenters. The first-order chi connectivity index (χ1) is 12.6. The van der Waals surface area contributed by atoms with E-state index < -0.39 is 6.10 Å². The monoisotopic (exact) mass is 352 g/mol. The van der Waals surface area contributed by atoms with Gasteiger partial charge in [-0.3, -0.25) is 4.79 Å². The molecule has 0 spiro atoms. The van der Waals surface area contributed by atoms with Gasteiger partial charge in [0, 0.05) is 25.3 Å². The Balaban J connectivity index is 1.49. The van der Waals surface area contributed by atoms with Gasteiger partial charge >= 0.3 is 0 Å². The first-order valence-corrected chi connectivity index (χ1v) is 9.47. The fraction of sp³-hybridized carbons (Fsp3) is 0.409. The van der Waals surface area contributed by atoms with Crippen LogP contribution < -0.4 is 15.0 Å². The number of nitrogens with one attached hydrogen (secondary N) is 1. The zero-order valence-electron chi connectivity index (χ0n) is 15.7. The Morgan fingerprint density at radius 1 is 1.12 bits per heavy atom. The minimum Gasteiger partial charge on any atom is -0.481 e. The van der Waals surface area contributed by atoms with Gasteiger partial charge in [0.2, 0.25) is 0 Å². The molecule has 138 valence electrons. The number of nitrogens with zero attached hydrogens (tertiary/aromatic N) is 1. The van der Waals surface area contributed by atoms with Gasteiger partial charge in [0.15, 0.2) is 6.10 Å². The molecule has 0 aliphatic carbocycles. The van der Waals surface area contributed by atoms with E-state index >= 15 is 0 Å². The van der Waals surface area contributed by atoms with Crippen molar-refractivity contribution in [2.75, 3.05) is 18.0 Å². The van der Waals surface area contributed by atoms with Crippen LogP contribution in [0.1, 0.15) is 37.3 Å². The maximum Gasteiger partial charge on any atom is 0.261 e. The van der Waals surface area contributed by atoms with Crippen LogP contribution in [0, 0.1) is 6.92 Å². The smallest absolute Gasteiger partial charge is 0.261 e. The van der Waals surface area contributed by atoms with Crippen molar-refractivity contribution in [3.63, 3.8) is 0 Å². The van der Waals surface area contributed by atoms with Crippen molar-refractivity contribution in [2.24, 2.45) is 0 Å². The maximum atomic E-state index is 12.3. The van der Waals surface area contributed by atoms with Gasteiger partial charge in [-0.25, -0.2) is 0 Å². The summed E-state index contributed by atoms with van der Waals surface area (Å²) in [5.74, 6) is 0.616. The van der Waals surface area contributed by atoms with Crippen LogP contribution in [0.4, 0.5) is 5.69 Å². The van der Waals surface area contributed by atoms with E-state index in [-0.39, 0.29) is 5.91 Å². The van der Waals surface area contributed by atoms with Crippen LogP contribution in [0.25, 0.3) is 0 Å². The number of carbonyl (C=O) groups is 1. The van der Waals surface area contributed by atoms with Crippen molar-refractivity contribution >= 4 is 11.6 Å². The lowest BCUT2D eigenvalue weighted by Crippen LogP contribution is -2.35. The van der Waals surface area contributed by atoms with Gasteiger partial charge in [0.05, 0.1) is 0 Å². The van der Waals surface area contributed by atoms with Gasteiger partial charge in [0.25, 0.3) is 5.91 Å². The number of hydrogen-bond donors (Lipinski definition) is 1. The number of ether oxygens (including phenoxy) is 1. The molecule has 26 heavy (non-hydrogen) atoms. The van der Waals surface area contributed by atoms with Crippen LogP contribution in [0.15, 0.2) is 48.5 Å². The van der Waals surface area contributed by atoms with Gasteiger partial charge in [0.1, 0.15) is 5.75 Å². The van der Waals surface area contributed by atoms with E-state index in [9.17, 15) is 4.79 Å². The summed E-state index contributed by atoms with van der Waals surface area (Å²) in [5.41, 5.74) is 3.49. The van der Waals surface area contributed by atoms with Crippen molar-refractivity contribution < 1.29 is 9.53 Å². The van der Waals surface area contributed by atoms with Crippen LogP contribution in [-0.4, -0.2) is 25.1 Å². The first kappa shape index (κ1) is 18.3. The minimum absolute atomic E-state index is 0.105. The molecule has 1 aliphatic heterocycles. The van der Waals surface area contributed by atoms with Crippen LogP contribution >= 0.6 is 0 Å². The lowest BCUT2D eigenvalue weighted by atomic mass is 10.1. The summed E-state index contributed by atoms with van der Waals surface area (Å²) >= 11 is 0. The highest BCUT2D eigenvalue weighted by molar-refractivity contribution is 5.80. The van der Waals surface area contributed by atoms with E-state index in [1.807, 2.05) is 31.2 Å².